The van der Waals surface area contributed by atoms with Crippen molar-refractivity contribution in [2.75, 3.05) is 0 Å². The van der Waals surface area contributed by atoms with Crippen LogP contribution in [0.2, 0.25) is 39.3 Å². The Labute approximate surface area is 147 Å². The molecule has 4 heteroatoms. The van der Waals surface area contributed by atoms with E-state index in [9.17, 15) is 0 Å². The van der Waals surface area contributed by atoms with Crippen LogP contribution in [-0.4, -0.2) is 26.1 Å². The predicted molar refractivity (Wildman–Crippen MR) is 108 cm³/mol. The van der Waals surface area contributed by atoms with Crippen LogP contribution in [0.3, 0.4) is 0 Å². The van der Waals surface area contributed by atoms with Gasteiger partial charge in [0.1, 0.15) is 16.1 Å². The molecule has 2 nitrogen and oxygen atoms in total. The molecule has 0 saturated carbocycles. The topological polar surface area (TPSA) is 25.8 Å². The molecular formula is C20H24N2Si2. The Morgan fingerprint density at radius 2 is 1.00 bits per heavy atom. The molecule has 2 aromatic rings. The third-order valence-corrected chi connectivity index (χ3v) is 4.70. The number of nitrogens with zero attached hydrogens (tertiary/aromatic N) is 2. The summed E-state index contributed by atoms with van der Waals surface area (Å²) in [6, 6.07) is 7.97. The molecule has 0 N–H and O–H groups in total. The van der Waals surface area contributed by atoms with Crippen LogP contribution in [0.25, 0.3) is 11.4 Å². The van der Waals surface area contributed by atoms with Gasteiger partial charge in [-0.05, 0) is 24.3 Å². The number of rotatable bonds is 1. The summed E-state index contributed by atoms with van der Waals surface area (Å²) in [5.41, 5.74) is 10.3. The molecule has 0 saturated heterocycles. The summed E-state index contributed by atoms with van der Waals surface area (Å²) >= 11 is 0. The zero-order chi connectivity index (χ0) is 17.8. The lowest BCUT2D eigenvalue weighted by Crippen LogP contribution is -2.16. The highest BCUT2D eigenvalue weighted by Crippen LogP contribution is 2.14. The van der Waals surface area contributed by atoms with E-state index in [-0.39, 0.29) is 0 Å². The zero-order valence-electron chi connectivity index (χ0n) is 15.4. The van der Waals surface area contributed by atoms with Crippen LogP contribution in [0.5, 0.6) is 0 Å². The van der Waals surface area contributed by atoms with Gasteiger partial charge in [-0.15, -0.1) is 11.1 Å². The van der Waals surface area contributed by atoms with Gasteiger partial charge in [0.2, 0.25) is 0 Å². The molecule has 122 valence electrons. The maximum Gasteiger partial charge on any atom is 0.129 e. The van der Waals surface area contributed by atoms with Crippen LogP contribution in [0.4, 0.5) is 0 Å². The average Bonchev–Trinajstić information content (AvgIpc) is 2.51. The van der Waals surface area contributed by atoms with Gasteiger partial charge < -0.3 is 0 Å². The highest BCUT2D eigenvalue weighted by Gasteiger charge is 2.08. The Morgan fingerprint density at radius 1 is 0.625 bits per heavy atom. The van der Waals surface area contributed by atoms with Crippen molar-refractivity contribution in [1.82, 2.24) is 9.97 Å². The van der Waals surface area contributed by atoms with E-state index in [2.05, 4.69) is 72.2 Å². The van der Waals surface area contributed by atoms with Crippen molar-refractivity contribution in [3.63, 3.8) is 0 Å². The molecule has 0 aliphatic rings. The lowest BCUT2D eigenvalue weighted by atomic mass is 10.2. The molecule has 24 heavy (non-hydrogen) atoms. The second-order valence-corrected chi connectivity index (χ2v) is 17.4. The Morgan fingerprint density at radius 3 is 1.25 bits per heavy atom. The van der Waals surface area contributed by atoms with E-state index in [1.54, 1.807) is 0 Å². The van der Waals surface area contributed by atoms with Crippen molar-refractivity contribution in [1.29, 1.82) is 0 Å². The van der Waals surface area contributed by atoms with E-state index in [0.717, 1.165) is 22.5 Å². The minimum absolute atomic E-state index is 0.859. The van der Waals surface area contributed by atoms with E-state index in [0.29, 0.717) is 0 Å². The molecule has 0 aliphatic carbocycles. The Kier molecular flexibility index (Phi) is 5.44. The zero-order valence-corrected chi connectivity index (χ0v) is 17.4. The average molecular weight is 349 g/mol. The highest BCUT2D eigenvalue weighted by atomic mass is 28.3. The lowest BCUT2D eigenvalue weighted by Gasteiger charge is -2.04. The van der Waals surface area contributed by atoms with Gasteiger partial charge in [0, 0.05) is 23.5 Å². The molecule has 0 amide bonds. The second-order valence-electron chi connectivity index (χ2n) is 7.86. The fourth-order valence-electron chi connectivity index (χ4n) is 1.76. The number of hydrogen-bond acceptors (Lipinski definition) is 2. The van der Waals surface area contributed by atoms with Gasteiger partial charge in [0.05, 0.1) is 11.4 Å². The van der Waals surface area contributed by atoms with Crippen molar-refractivity contribution >= 4 is 16.1 Å². The molecule has 0 bridgehead atoms. The molecule has 0 spiro atoms. The van der Waals surface area contributed by atoms with Gasteiger partial charge in [-0.2, -0.15) is 0 Å². The van der Waals surface area contributed by atoms with Crippen molar-refractivity contribution in [2.24, 2.45) is 0 Å². The van der Waals surface area contributed by atoms with Gasteiger partial charge in [-0.3, -0.25) is 9.97 Å². The van der Waals surface area contributed by atoms with Crippen LogP contribution < -0.4 is 0 Å². The minimum Gasteiger partial charge on any atom is -0.253 e. The van der Waals surface area contributed by atoms with Gasteiger partial charge >= 0.3 is 0 Å². The van der Waals surface area contributed by atoms with Crippen molar-refractivity contribution < 1.29 is 0 Å². The largest absolute Gasteiger partial charge is 0.253 e. The number of hydrogen-bond donors (Lipinski definition) is 0. The molecule has 0 unspecified atom stereocenters. The summed E-state index contributed by atoms with van der Waals surface area (Å²) < 4.78 is 0. The first-order valence-electron chi connectivity index (χ1n) is 8.11. The van der Waals surface area contributed by atoms with Crippen LogP contribution in [0.15, 0.2) is 36.7 Å². The van der Waals surface area contributed by atoms with Gasteiger partial charge in [-0.25, -0.2) is 0 Å². The van der Waals surface area contributed by atoms with Crippen LogP contribution in [-0.2, 0) is 0 Å². The van der Waals surface area contributed by atoms with E-state index >= 15 is 0 Å². The molecular weight excluding hydrogens is 324 g/mol. The normalized spacial score (nSPS) is 11.1. The molecule has 0 aromatic carbocycles. The van der Waals surface area contributed by atoms with E-state index in [1.165, 1.54) is 0 Å². The standard InChI is InChI=1S/C20H24N2Si2/c1-23(2,3)13-11-17-7-9-19(21-15-17)20-10-8-18(16-22-20)12-14-24(4,5)6/h7-10,15-16H,1-6H3. The minimum atomic E-state index is -1.36. The quantitative estimate of drug-likeness (QED) is 0.556. The number of pyridine rings is 2. The third-order valence-electron chi connectivity index (χ3n) is 2.95. The first-order chi connectivity index (χ1) is 11.1. The molecule has 0 fully saturated rings. The molecule has 2 rings (SSSR count). The second kappa shape index (κ2) is 7.17. The van der Waals surface area contributed by atoms with Crippen LogP contribution >= 0.6 is 0 Å². The van der Waals surface area contributed by atoms with Gasteiger partial charge in [-0.1, -0.05) is 51.1 Å². The molecule has 0 aliphatic heterocycles. The SMILES string of the molecule is C[Si](C)(C)C#Cc1ccc(-c2ccc(C#C[Si](C)(C)C)cn2)nc1. The fourth-order valence-corrected chi connectivity index (χ4v) is 2.80. The summed E-state index contributed by atoms with van der Waals surface area (Å²) in [5.74, 6) is 6.44. The molecule has 0 radical (unpaired) electrons. The predicted octanol–water partition coefficient (Wildman–Crippen LogP) is 4.60. The first-order valence-corrected chi connectivity index (χ1v) is 15.1. The van der Waals surface area contributed by atoms with E-state index in [1.807, 2.05) is 36.7 Å². The summed E-state index contributed by atoms with van der Waals surface area (Å²) in [6.45, 7) is 13.4. The lowest BCUT2D eigenvalue weighted by molar-refractivity contribution is 1.24. The summed E-state index contributed by atoms with van der Waals surface area (Å²) in [7, 11) is -2.71. The Balaban J connectivity index is 2.17. The Bertz CT molecular complexity index is 743. The molecule has 0 atom stereocenters. The number of aromatic nitrogens is 2. The summed E-state index contributed by atoms with van der Waals surface area (Å²) in [4.78, 5) is 8.97. The van der Waals surface area contributed by atoms with Crippen LogP contribution in [0.1, 0.15) is 11.1 Å². The Hall–Kier alpha value is -2.15. The molecule has 2 aromatic heterocycles. The van der Waals surface area contributed by atoms with Crippen molar-refractivity contribution in [2.45, 2.75) is 39.3 Å². The van der Waals surface area contributed by atoms with E-state index in [4.69, 9.17) is 0 Å². The first kappa shape index (κ1) is 18.2. The highest BCUT2D eigenvalue weighted by molar-refractivity contribution is 6.84. The van der Waals surface area contributed by atoms with E-state index < -0.39 is 16.1 Å². The van der Waals surface area contributed by atoms with Gasteiger partial charge in [0.15, 0.2) is 0 Å². The molecule has 2 heterocycles. The third kappa shape index (κ3) is 6.16. The van der Waals surface area contributed by atoms with Crippen molar-refractivity contribution in [3.8, 4) is 34.3 Å². The fraction of sp³-hybridized carbons (Fsp3) is 0.300. The monoisotopic (exact) mass is 348 g/mol. The maximum atomic E-state index is 4.49. The van der Waals surface area contributed by atoms with Gasteiger partial charge in [0.25, 0.3) is 0 Å². The van der Waals surface area contributed by atoms with Crippen LogP contribution in [0, 0.1) is 22.9 Å². The smallest absolute Gasteiger partial charge is 0.129 e. The van der Waals surface area contributed by atoms with Crippen molar-refractivity contribution in [3.05, 3.63) is 47.8 Å². The summed E-state index contributed by atoms with van der Waals surface area (Å²) in [6.07, 6.45) is 3.64. The maximum absolute atomic E-state index is 4.49. The summed E-state index contributed by atoms with van der Waals surface area (Å²) in [5, 5.41) is 0.